The van der Waals surface area contributed by atoms with Crippen LogP contribution in [0.2, 0.25) is 0 Å². The van der Waals surface area contributed by atoms with Gasteiger partial charge in [0.1, 0.15) is 5.82 Å². The van der Waals surface area contributed by atoms with Crippen molar-refractivity contribution in [2.75, 3.05) is 0 Å². The number of nitrogens with one attached hydrogen (secondary N) is 1. The lowest BCUT2D eigenvalue weighted by molar-refractivity contribution is -0.187. The molecule has 1 aromatic carbocycles. The van der Waals surface area contributed by atoms with Gasteiger partial charge in [0.25, 0.3) is 0 Å². The summed E-state index contributed by atoms with van der Waals surface area (Å²) >= 11 is 0. The highest BCUT2D eigenvalue weighted by Crippen LogP contribution is 2.29. The van der Waals surface area contributed by atoms with Crippen molar-refractivity contribution in [3.63, 3.8) is 0 Å². The standard InChI is InChI=1S/C12H14F4N2O/c1-7(8-5-3-4-6-9(8)13)18-10(19)11(2,17)12(14,15)16/h3-7H,17H2,1-2H3,(H,18,19). The number of rotatable bonds is 3. The molecule has 1 rings (SSSR count). The number of carbonyl (C=O) groups excluding carboxylic acids is 1. The molecule has 1 amide bonds. The van der Waals surface area contributed by atoms with Crippen molar-refractivity contribution in [1.82, 2.24) is 5.32 Å². The molecule has 0 saturated carbocycles. The van der Waals surface area contributed by atoms with E-state index in [4.69, 9.17) is 5.73 Å². The molecule has 2 unspecified atom stereocenters. The molecule has 0 aromatic heterocycles. The first-order chi connectivity index (χ1) is 8.57. The van der Waals surface area contributed by atoms with Gasteiger partial charge in [0.2, 0.25) is 5.91 Å². The molecule has 0 bridgehead atoms. The zero-order valence-corrected chi connectivity index (χ0v) is 10.4. The molecule has 0 aliphatic heterocycles. The third-order valence-corrected chi connectivity index (χ3v) is 2.78. The first-order valence-corrected chi connectivity index (χ1v) is 5.48. The van der Waals surface area contributed by atoms with Crippen molar-refractivity contribution >= 4 is 5.91 Å². The number of benzene rings is 1. The van der Waals surface area contributed by atoms with E-state index in [1.165, 1.54) is 25.1 Å². The second-order valence-corrected chi connectivity index (χ2v) is 4.42. The number of hydrogen-bond acceptors (Lipinski definition) is 2. The van der Waals surface area contributed by atoms with Gasteiger partial charge in [-0.3, -0.25) is 4.79 Å². The second-order valence-electron chi connectivity index (χ2n) is 4.42. The van der Waals surface area contributed by atoms with Crippen molar-refractivity contribution < 1.29 is 22.4 Å². The van der Waals surface area contributed by atoms with Crippen LogP contribution in [0.15, 0.2) is 24.3 Å². The lowest BCUT2D eigenvalue weighted by atomic mass is 10.0. The maximum absolute atomic E-state index is 13.4. The van der Waals surface area contributed by atoms with Gasteiger partial charge in [0.05, 0.1) is 6.04 Å². The predicted molar refractivity (Wildman–Crippen MR) is 61.6 cm³/mol. The Kier molecular flexibility index (Phi) is 4.19. The molecule has 0 aliphatic rings. The van der Waals surface area contributed by atoms with Crippen molar-refractivity contribution in [3.8, 4) is 0 Å². The molecule has 3 N–H and O–H groups in total. The summed E-state index contributed by atoms with van der Waals surface area (Å²) in [7, 11) is 0. The molecule has 0 spiro atoms. The molecule has 0 aliphatic carbocycles. The van der Waals surface area contributed by atoms with Crippen molar-refractivity contribution in [3.05, 3.63) is 35.6 Å². The van der Waals surface area contributed by atoms with Crippen LogP contribution in [0, 0.1) is 5.82 Å². The van der Waals surface area contributed by atoms with Crippen LogP contribution in [-0.2, 0) is 4.79 Å². The fourth-order valence-corrected chi connectivity index (χ4v) is 1.38. The minimum Gasteiger partial charge on any atom is -0.348 e. The second kappa shape index (κ2) is 5.16. The molecule has 19 heavy (non-hydrogen) atoms. The molecule has 3 nitrogen and oxygen atoms in total. The van der Waals surface area contributed by atoms with Gasteiger partial charge in [0.15, 0.2) is 5.54 Å². The summed E-state index contributed by atoms with van der Waals surface area (Å²) in [6.45, 7) is 1.94. The summed E-state index contributed by atoms with van der Waals surface area (Å²) in [5, 5.41) is 2.06. The lowest BCUT2D eigenvalue weighted by Gasteiger charge is -2.28. The van der Waals surface area contributed by atoms with Crippen LogP contribution in [0.4, 0.5) is 17.6 Å². The van der Waals surface area contributed by atoms with Gasteiger partial charge in [-0.05, 0) is 19.9 Å². The summed E-state index contributed by atoms with van der Waals surface area (Å²) in [6, 6.07) is 4.58. The Morgan fingerprint density at radius 3 is 2.32 bits per heavy atom. The van der Waals surface area contributed by atoms with Gasteiger partial charge < -0.3 is 11.1 Å². The van der Waals surface area contributed by atoms with E-state index >= 15 is 0 Å². The minimum absolute atomic E-state index is 0.0915. The van der Waals surface area contributed by atoms with E-state index in [9.17, 15) is 22.4 Å². The fourth-order valence-electron chi connectivity index (χ4n) is 1.38. The van der Waals surface area contributed by atoms with Crippen LogP contribution in [0.5, 0.6) is 0 Å². The van der Waals surface area contributed by atoms with Gasteiger partial charge in [-0.1, -0.05) is 18.2 Å². The molecule has 0 radical (unpaired) electrons. The number of alkyl halides is 3. The van der Waals surface area contributed by atoms with E-state index < -0.39 is 29.5 Å². The summed E-state index contributed by atoms with van der Waals surface area (Å²) in [5.74, 6) is -2.02. The van der Waals surface area contributed by atoms with Gasteiger partial charge in [-0.25, -0.2) is 4.39 Å². The van der Waals surface area contributed by atoms with Gasteiger partial charge in [-0.15, -0.1) is 0 Å². The number of hydrogen-bond donors (Lipinski definition) is 2. The molecular weight excluding hydrogens is 264 g/mol. The lowest BCUT2D eigenvalue weighted by Crippen LogP contribution is -2.61. The van der Waals surface area contributed by atoms with E-state index in [1.54, 1.807) is 0 Å². The highest BCUT2D eigenvalue weighted by Gasteiger charge is 2.54. The SMILES string of the molecule is CC(NC(=O)C(C)(N)C(F)(F)F)c1ccccc1F. The average molecular weight is 278 g/mol. The summed E-state index contributed by atoms with van der Waals surface area (Å²) in [6.07, 6.45) is -4.88. The molecule has 106 valence electrons. The highest BCUT2D eigenvalue weighted by molar-refractivity contribution is 5.86. The zero-order chi connectivity index (χ0) is 14.8. The maximum atomic E-state index is 13.4. The van der Waals surface area contributed by atoms with Crippen molar-refractivity contribution in [2.24, 2.45) is 5.73 Å². The Bertz CT molecular complexity index is 471. The molecule has 2 atom stereocenters. The largest absolute Gasteiger partial charge is 0.415 e. The Hall–Kier alpha value is -1.63. The first kappa shape index (κ1) is 15.4. The topological polar surface area (TPSA) is 55.1 Å². The van der Waals surface area contributed by atoms with E-state index in [2.05, 4.69) is 5.32 Å². The summed E-state index contributed by atoms with van der Waals surface area (Å²) in [5.41, 5.74) is 2.04. The van der Waals surface area contributed by atoms with Crippen LogP contribution in [0.1, 0.15) is 25.5 Å². The molecular formula is C12H14F4N2O. The number of halogens is 4. The molecule has 1 aromatic rings. The number of carbonyl (C=O) groups is 1. The average Bonchev–Trinajstić information content (AvgIpc) is 2.27. The summed E-state index contributed by atoms with van der Waals surface area (Å²) < 4.78 is 51.1. The first-order valence-electron chi connectivity index (χ1n) is 5.48. The van der Waals surface area contributed by atoms with E-state index in [0.717, 1.165) is 6.07 Å². The van der Waals surface area contributed by atoms with Crippen LogP contribution >= 0.6 is 0 Å². The third-order valence-electron chi connectivity index (χ3n) is 2.78. The molecule has 0 fully saturated rings. The van der Waals surface area contributed by atoms with Gasteiger partial charge in [-0.2, -0.15) is 13.2 Å². The van der Waals surface area contributed by atoms with Crippen LogP contribution in [0.25, 0.3) is 0 Å². The monoisotopic (exact) mass is 278 g/mol. The van der Waals surface area contributed by atoms with E-state index in [0.29, 0.717) is 6.92 Å². The smallest absolute Gasteiger partial charge is 0.348 e. The Balaban J connectivity index is 2.87. The normalized spacial score (nSPS) is 16.6. The van der Waals surface area contributed by atoms with Crippen LogP contribution in [-0.4, -0.2) is 17.6 Å². The van der Waals surface area contributed by atoms with Crippen LogP contribution < -0.4 is 11.1 Å². The number of amides is 1. The third kappa shape index (κ3) is 3.23. The van der Waals surface area contributed by atoms with E-state index in [-0.39, 0.29) is 5.56 Å². The van der Waals surface area contributed by atoms with Crippen molar-refractivity contribution in [1.29, 1.82) is 0 Å². The molecule has 0 heterocycles. The highest BCUT2D eigenvalue weighted by atomic mass is 19.4. The zero-order valence-electron chi connectivity index (χ0n) is 10.4. The van der Waals surface area contributed by atoms with E-state index in [1.807, 2.05) is 0 Å². The predicted octanol–water partition coefficient (Wildman–Crippen LogP) is 2.28. The summed E-state index contributed by atoms with van der Waals surface area (Å²) in [4.78, 5) is 11.5. The molecule has 0 saturated heterocycles. The van der Waals surface area contributed by atoms with Gasteiger partial charge in [0, 0.05) is 5.56 Å². The quantitative estimate of drug-likeness (QED) is 0.833. The molecule has 7 heteroatoms. The maximum Gasteiger partial charge on any atom is 0.415 e. The Labute approximate surface area is 107 Å². The van der Waals surface area contributed by atoms with Crippen LogP contribution in [0.3, 0.4) is 0 Å². The van der Waals surface area contributed by atoms with Gasteiger partial charge >= 0.3 is 6.18 Å². The van der Waals surface area contributed by atoms with Crippen molar-refractivity contribution in [2.45, 2.75) is 31.6 Å². The Morgan fingerprint density at radius 1 is 1.32 bits per heavy atom. The minimum atomic E-state index is -4.88. The number of nitrogens with two attached hydrogens (primary N) is 1. The fraction of sp³-hybridized carbons (Fsp3) is 0.417. The Morgan fingerprint density at radius 2 is 1.84 bits per heavy atom.